The van der Waals surface area contributed by atoms with Gasteiger partial charge in [0.25, 0.3) is 5.91 Å². The molecular weight excluding hydrogens is 257 g/mol. The van der Waals surface area contributed by atoms with Crippen LogP contribution in [0.3, 0.4) is 0 Å². The molecule has 104 valence electrons. The van der Waals surface area contributed by atoms with Crippen LogP contribution >= 0.6 is 0 Å². The number of esters is 1. The molecule has 1 unspecified atom stereocenters. The van der Waals surface area contributed by atoms with E-state index >= 15 is 0 Å². The third kappa shape index (κ3) is 3.41. The molecule has 0 bridgehead atoms. The Morgan fingerprint density at radius 3 is 2.63 bits per heavy atom. The number of methoxy groups -OCH3 is 2. The lowest BCUT2D eigenvalue weighted by Crippen LogP contribution is -2.44. The Labute approximate surface area is 109 Å². The maximum absolute atomic E-state index is 13.6. The molecule has 0 fully saturated rings. The zero-order valence-electron chi connectivity index (χ0n) is 10.5. The van der Waals surface area contributed by atoms with Gasteiger partial charge in [0, 0.05) is 0 Å². The Bertz CT molecular complexity index is 477. The standard InChI is InChI=1S/C12H14FNO5/c1-18-9-5-3-4-7(13)10(9)11(16)14-8(6-15)12(17)19-2/h3-5,8,15H,6H2,1-2H3,(H,14,16). The Kier molecular flexibility index (Phi) is 5.25. The van der Waals surface area contributed by atoms with Crippen LogP contribution in [0.25, 0.3) is 0 Å². The second-order valence-corrected chi connectivity index (χ2v) is 3.55. The molecular formula is C12H14FNO5. The molecule has 1 aromatic rings. The summed E-state index contributed by atoms with van der Waals surface area (Å²) >= 11 is 0. The van der Waals surface area contributed by atoms with Gasteiger partial charge in [-0.15, -0.1) is 0 Å². The molecule has 0 radical (unpaired) electrons. The molecule has 0 aliphatic carbocycles. The zero-order valence-corrected chi connectivity index (χ0v) is 10.5. The summed E-state index contributed by atoms with van der Waals surface area (Å²) in [7, 11) is 2.40. The number of carbonyl (C=O) groups is 2. The van der Waals surface area contributed by atoms with Crippen LogP contribution in [-0.2, 0) is 9.53 Å². The summed E-state index contributed by atoms with van der Waals surface area (Å²) in [5, 5.41) is 11.1. The summed E-state index contributed by atoms with van der Waals surface area (Å²) in [6.45, 7) is -0.658. The van der Waals surface area contributed by atoms with Gasteiger partial charge in [-0.2, -0.15) is 0 Å². The minimum atomic E-state index is -1.26. The summed E-state index contributed by atoms with van der Waals surface area (Å²) in [4.78, 5) is 23.1. The lowest BCUT2D eigenvalue weighted by molar-refractivity contribution is -0.143. The van der Waals surface area contributed by atoms with E-state index in [0.29, 0.717) is 0 Å². The highest BCUT2D eigenvalue weighted by Crippen LogP contribution is 2.20. The van der Waals surface area contributed by atoms with Crippen molar-refractivity contribution in [2.75, 3.05) is 20.8 Å². The number of halogens is 1. The van der Waals surface area contributed by atoms with Gasteiger partial charge in [0.15, 0.2) is 6.04 Å². The third-order valence-corrected chi connectivity index (χ3v) is 2.40. The summed E-state index contributed by atoms with van der Waals surface area (Å²) < 4.78 is 22.9. The van der Waals surface area contributed by atoms with Gasteiger partial charge < -0.3 is 19.9 Å². The molecule has 1 atom stereocenters. The molecule has 2 N–H and O–H groups in total. The van der Waals surface area contributed by atoms with Crippen LogP contribution in [0.5, 0.6) is 5.75 Å². The molecule has 1 aromatic carbocycles. The quantitative estimate of drug-likeness (QED) is 0.742. The highest BCUT2D eigenvalue weighted by atomic mass is 19.1. The summed E-state index contributed by atoms with van der Waals surface area (Å²) in [5.74, 6) is -2.47. The van der Waals surface area contributed by atoms with Gasteiger partial charge in [-0.1, -0.05) is 6.07 Å². The van der Waals surface area contributed by atoms with Gasteiger partial charge in [-0.25, -0.2) is 9.18 Å². The molecule has 7 heteroatoms. The topological polar surface area (TPSA) is 84.9 Å². The minimum Gasteiger partial charge on any atom is -0.496 e. The van der Waals surface area contributed by atoms with Gasteiger partial charge >= 0.3 is 5.97 Å². The first-order valence-corrected chi connectivity index (χ1v) is 5.37. The molecule has 0 saturated heterocycles. The van der Waals surface area contributed by atoms with Crippen molar-refractivity contribution in [2.45, 2.75) is 6.04 Å². The van der Waals surface area contributed by atoms with Crippen LogP contribution in [0.1, 0.15) is 10.4 Å². The Morgan fingerprint density at radius 2 is 2.11 bits per heavy atom. The molecule has 0 heterocycles. The number of ether oxygens (including phenoxy) is 2. The monoisotopic (exact) mass is 271 g/mol. The van der Waals surface area contributed by atoms with Crippen molar-refractivity contribution in [3.8, 4) is 5.75 Å². The minimum absolute atomic E-state index is 0.0269. The van der Waals surface area contributed by atoms with Crippen LogP contribution in [0, 0.1) is 5.82 Å². The number of nitrogens with one attached hydrogen (secondary N) is 1. The molecule has 1 rings (SSSR count). The molecule has 0 aliphatic heterocycles. The van der Waals surface area contributed by atoms with E-state index in [1.54, 1.807) is 0 Å². The predicted molar refractivity (Wildman–Crippen MR) is 63.3 cm³/mol. The lowest BCUT2D eigenvalue weighted by Gasteiger charge is -2.15. The van der Waals surface area contributed by atoms with Crippen LogP contribution in [0.2, 0.25) is 0 Å². The average molecular weight is 271 g/mol. The number of hydrogen-bond donors (Lipinski definition) is 2. The number of rotatable bonds is 5. The number of aliphatic hydroxyl groups excluding tert-OH is 1. The van der Waals surface area contributed by atoms with E-state index in [1.807, 2.05) is 0 Å². The third-order valence-electron chi connectivity index (χ3n) is 2.40. The van der Waals surface area contributed by atoms with Gasteiger partial charge in [-0.3, -0.25) is 4.79 Å². The van der Waals surface area contributed by atoms with Crippen molar-refractivity contribution in [3.63, 3.8) is 0 Å². The first kappa shape index (κ1) is 14.9. The van der Waals surface area contributed by atoms with E-state index in [9.17, 15) is 14.0 Å². The second-order valence-electron chi connectivity index (χ2n) is 3.55. The van der Waals surface area contributed by atoms with Gasteiger partial charge in [0.1, 0.15) is 17.1 Å². The van der Waals surface area contributed by atoms with Gasteiger partial charge in [0.2, 0.25) is 0 Å². The van der Waals surface area contributed by atoms with Gasteiger partial charge in [0.05, 0.1) is 20.8 Å². The lowest BCUT2D eigenvalue weighted by atomic mass is 10.1. The van der Waals surface area contributed by atoms with Gasteiger partial charge in [-0.05, 0) is 12.1 Å². The largest absolute Gasteiger partial charge is 0.496 e. The predicted octanol–water partition coefficient (Wildman–Crippen LogP) is 0.0980. The van der Waals surface area contributed by atoms with E-state index in [0.717, 1.165) is 13.2 Å². The Hall–Kier alpha value is -2.15. The fourth-order valence-electron chi connectivity index (χ4n) is 1.45. The summed E-state index contributed by atoms with van der Waals surface area (Å²) in [5.41, 5.74) is -0.340. The van der Waals surface area contributed by atoms with Crippen LogP contribution in [0.15, 0.2) is 18.2 Å². The fraction of sp³-hybridized carbons (Fsp3) is 0.333. The molecule has 0 spiro atoms. The average Bonchev–Trinajstić information content (AvgIpc) is 2.43. The van der Waals surface area contributed by atoms with Crippen LogP contribution < -0.4 is 10.1 Å². The van der Waals surface area contributed by atoms with E-state index < -0.39 is 30.3 Å². The Morgan fingerprint density at radius 1 is 1.42 bits per heavy atom. The number of hydrogen-bond acceptors (Lipinski definition) is 5. The van der Waals surface area contributed by atoms with Crippen molar-refractivity contribution in [1.82, 2.24) is 5.32 Å². The zero-order chi connectivity index (χ0) is 14.4. The van der Waals surface area contributed by atoms with E-state index in [1.165, 1.54) is 19.2 Å². The van der Waals surface area contributed by atoms with E-state index in [4.69, 9.17) is 9.84 Å². The Balaban J connectivity index is 2.98. The first-order chi connectivity index (χ1) is 9.04. The molecule has 1 amide bonds. The van der Waals surface area contributed by atoms with Crippen molar-refractivity contribution < 1.29 is 28.6 Å². The van der Waals surface area contributed by atoms with E-state index in [2.05, 4.69) is 10.1 Å². The molecule has 6 nitrogen and oxygen atoms in total. The van der Waals surface area contributed by atoms with E-state index in [-0.39, 0.29) is 11.3 Å². The van der Waals surface area contributed by atoms with Crippen molar-refractivity contribution >= 4 is 11.9 Å². The maximum atomic E-state index is 13.6. The smallest absolute Gasteiger partial charge is 0.330 e. The van der Waals surface area contributed by atoms with Crippen LogP contribution in [0.4, 0.5) is 4.39 Å². The van der Waals surface area contributed by atoms with Crippen molar-refractivity contribution in [3.05, 3.63) is 29.6 Å². The van der Waals surface area contributed by atoms with Crippen molar-refractivity contribution in [1.29, 1.82) is 0 Å². The first-order valence-electron chi connectivity index (χ1n) is 5.37. The normalized spacial score (nSPS) is 11.6. The van der Waals surface area contributed by atoms with Crippen molar-refractivity contribution in [2.24, 2.45) is 0 Å². The molecule has 0 saturated carbocycles. The number of aliphatic hydroxyl groups is 1. The fourth-order valence-corrected chi connectivity index (χ4v) is 1.45. The summed E-state index contributed by atoms with van der Waals surface area (Å²) in [6, 6.07) is 2.62. The highest BCUT2D eigenvalue weighted by molar-refractivity contribution is 5.99. The number of benzene rings is 1. The number of amides is 1. The second kappa shape index (κ2) is 6.69. The molecule has 0 aliphatic rings. The highest BCUT2D eigenvalue weighted by Gasteiger charge is 2.24. The maximum Gasteiger partial charge on any atom is 0.330 e. The SMILES string of the molecule is COC(=O)C(CO)NC(=O)c1c(F)cccc1OC. The summed E-state index contributed by atoms with van der Waals surface area (Å²) in [6.07, 6.45) is 0. The molecule has 0 aromatic heterocycles. The number of carbonyl (C=O) groups excluding carboxylic acids is 2. The molecule has 19 heavy (non-hydrogen) atoms. The van der Waals surface area contributed by atoms with Crippen LogP contribution in [-0.4, -0.2) is 43.9 Å².